The van der Waals surface area contributed by atoms with Gasteiger partial charge in [0, 0.05) is 47.8 Å². The van der Waals surface area contributed by atoms with Crippen LogP contribution in [0.3, 0.4) is 0 Å². The second kappa shape index (κ2) is 19.0. The molecule has 0 atom stereocenters. The Labute approximate surface area is 306 Å². The van der Waals surface area contributed by atoms with Gasteiger partial charge in [-0.3, -0.25) is 10.6 Å². The number of thioether (sulfide) groups is 2. The minimum absolute atomic E-state index is 0.0122. The molecule has 2 amide bonds. The lowest BCUT2D eigenvalue weighted by Crippen LogP contribution is -2.14. The number of aromatic nitrogens is 2. The standard InChI is InChI=1S/C17H17F3N2O4S.C16H15F3N2O4S/c1-22-10-12(9-14(22)15(23)25-2)21-16(24)26-7-8-27-13-5-3-11(4-6-13)17(18,19)20;1-21-9-11(8-13(21)14(22)23)20-15(24)25-6-7-26-12-4-2-10(3-5-12)16(17,18)19/h3-6,9-10H,7-8H2,1-2H3,(H,21,24);2-5,8-9H,6-7H2,1H3,(H,20,24)(H,22,23). The maximum absolute atomic E-state index is 12.5. The number of nitrogens with zero attached hydrogens (tertiary/aromatic N) is 2. The number of amides is 2. The van der Waals surface area contributed by atoms with E-state index in [9.17, 15) is 45.5 Å². The third-order valence-electron chi connectivity index (χ3n) is 6.65. The van der Waals surface area contributed by atoms with Crippen LogP contribution in [0.4, 0.5) is 47.3 Å². The number of rotatable bonds is 12. The fourth-order valence-corrected chi connectivity index (χ4v) is 5.62. The summed E-state index contributed by atoms with van der Waals surface area (Å²) in [4.78, 5) is 47.1. The number of hydrogen-bond donors (Lipinski definition) is 3. The van der Waals surface area contributed by atoms with E-state index in [1.54, 1.807) is 7.05 Å². The maximum atomic E-state index is 12.5. The number of carboxylic acid groups (broad SMARTS) is 1. The van der Waals surface area contributed by atoms with Crippen LogP contribution in [-0.4, -0.2) is 70.2 Å². The summed E-state index contributed by atoms with van der Waals surface area (Å²) >= 11 is 2.51. The van der Waals surface area contributed by atoms with Crippen LogP contribution >= 0.6 is 23.5 Å². The molecule has 2 aromatic heterocycles. The Morgan fingerprint density at radius 1 is 0.679 bits per heavy atom. The van der Waals surface area contributed by atoms with E-state index < -0.39 is 47.6 Å². The lowest BCUT2D eigenvalue weighted by molar-refractivity contribution is -0.138. The zero-order valence-electron chi connectivity index (χ0n) is 28.0. The molecule has 53 heavy (non-hydrogen) atoms. The van der Waals surface area contributed by atoms with Crippen molar-refractivity contribution < 1.29 is 64.8 Å². The minimum atomic E-state index is -4.37. The predicted molar refractivity (Wildman–Crippen MR) is 183 cm³/mol. The Hall–Kier alpha value is -5.24. The van der Waals surface area contributed by atoms with E-state index in [0.717, 1.165) is 24.3 Å². The molecule has 3 N–H and O–H groups in total. The molecule has 0 unspecified atom stereocenters. The average Bonchev–Trinajstić information content (AvgIpc) is 3.65. The Morgan fingerprint density at radius 3 is 1.40 bits per heavy atom. The monoisotopic (exact) mass is 790 g/mol. The number of nitrogens with one attached hydrogen (secondary N) is 2. The quantitative estimate of drug-likeness (QED) is 0.0421. The summed E-state index contributed by atoms with van der Waals surface area (Å²) in [6.07, 6.45) is -7.23. The second-order valence-corrected chi connectivity index (χ2v) is 12.8. The zero-order valence-corrected chi connectivity index (χ0v) is 29.7. The lowest BCUT2D eigenvalue weighted by Gasteiger charge is -2.08. The number of aromatic carboxylic acids is 1. The number of halogens is 6. The number of benzene rings is 2. The topological polar surface area (TPSA) is 150 Å². The predicted octanol–water partition coefficient (Wildman–Crippen LogP) is 8.25. The first-order valence-electron chi connectivity index (χ1n) is 15.0. The van der Waals surface area contributed by atoms with Gasteiger partial charge in [0.05, 0.1) is 29.6 Å². The largest absolute Gasteiger partial charge is 0.477 e. The van der Waals surface area contributed by atoms with E-state index in [1.165, 1.54) is 95.6 Å². The van der Waals surface area contributed by atoms with E-state index in [2.05, 4.69) is 15.4 Å². The van der Waals surface area contributed by atoms with Crippen molar-refractivity contribution in [3.05, 3.63) is 95.6 Å². The summed E-state index contributed by atoms with van der Waals surface area (Å²) in [7, 11) is 4.41. The van der Waals surface area contributed by atoms with E-state index >= 15 is 0 Å². The van der Waals surface area contributed by atoms with Crippen molar-refractivity contribution in [1.82, 2.24) is 9.13 Å². The number of esters is 1. The van der Waals surface area contributed by atoms with Crippen LogP contribution in [-0.2, 0) is 40.7 Å². The molecule has 12 nitrogen and oxygen atoms in total. The number of hydrogen-bond acceptors (Lipinski definition) is 9. The third-order valence-corrected chi connectivity index (χ3v) is 8.60. The second-order valence-electron chi connectivity index (χ2n) is 10.5. The number of carboxylic acids is 1. The summed E-state index contributed by atoms with van der Waals surface area (Å²) in [5.74, 6) is -0.928. The van der Waals surface area contributed by atoms with Crippen molar-refractivity contribution in [3.63, 3.8) is 0 Å². The molecule has 0 spiro atoms. The molecule has 0 fully saturated rings. The molecular weight excluding hydrogens is 759 g/mol. The van der Waals surface area contributed by atoms with Crippen molar-refractivity contribution in [2.75, 3.05) is 42.5 Å². The first-order chi connectivity index (χ1) is 24.9. The van der Waals surface area contributed by atoms with Crippen molar-refractivity contribution in [1.29, 1.82) is 0 Å². The van der Waals surface area contributed by atoms with Crippen molar-refractivity contribution >= 4 is 59.0 Å². The molecule has 286 valence electrons. The Kier molecular flexibility index (Phi) is 15.1. The fraction of sp³-hybridized carbons (Fsp3) is 0.273. The Balaban J connectivity index is 0.000000286. The molecular formula is C33H32F6N4O8S2. The van der Waals surface area contributed by atoms with Crippen LogP contribution in [0.15, 0.2) is 82.8 Å². The van der Waals surface area contributed by atoms with Gasteiger partial charge in [-0.2, -0.15) is 26.3 Å². The summed E-state index contributed by atoms with van der Waals surface area (Å²) in [5, 5.41) is 13.8. The highest BCUT2D eigenvalue weighted by Crippen LogP contribution is 2.32. The maximum Gasteiger partial charge on any atom is 0.416 e. The van der Waals surface area contributed by atoms with Gasteiger partial charge in [0.15, 0.2) is 0 Å². The minimum Gasteiger partial charge on any atom is -0.477 e. The number of methoxy groups -OCH3 is 1. The molecule has 0 aliphatic heterocycles. The molecule has 20 heteroatoms. The van der Waals surface area contributed by atoms with Crippen LogP contribution in [0.1, 0.15) is 32.1 Å². The molecule has 2 heterocycles. The number of carbonyl (C=O) groups excluding carboxylic acids is 3. The molecule has 0 saturated heterocycles. The van der Waals surface area contributed by atoms with Crippen molar-refractivity contribution in [2.24, 2.45) is 14.1 Å². The van der Waals surface area contributed by atoms with Gasteiger partial charge in [0.25, 0.3) is 0 Å². The Morgan fingerprint density at radius 2 is 1.06 bits per heavy atom. The van der Waals surface area contributed by atoms with E-state index in [-0.39, 0.29) is 30.3 Å². The van der Waals surface area contributed by atoms with Crippen LogP contribution in [0.25, 0.3) is 0 Å². The number of aryl methyl sites for hydroxylation is 2. The number of anilines is 2. The van der Waals surface area contributed by atoms with Gasteiger partial charge in [-0.25, -0.2) is 19.2 Å². The molecule has 0 bridgehead atoms. The molecule has 0 aliphatic carbocycles. The van der Waals surface area contributed by atoms with Crippen LogP contribution in [0.5, 0.6) is 0 Å². The normalized spacial score (nSPS) is 11.2. The van der Waals surface area contributed by atoms with Crippen LogP contribution in [0, 0.1) is 0 Å². The van der Waals surface area contributed by atoms with E-state index in [1.807, 2.05) is 0 Å². The van der Waals surface area contributed by atoms with Gasteiger partial charge in [0.1, 0.15) is 24.6 Å². The molecule has 4 aromatic rings. The average molecular weight is 791 g/mol. The summed E-state index contributed by atoms with van der Waals surface area (Å²) < 4.78 is 92.3. The molecule has 2 aromatic carbocycles. The first-order valence-corrected chi connectivity index (χ1v) is 17.0. The van der Waals surface area contributed by atoms with Gasteiger partial charge < -0.3 is 28.5 Å². The molecule has 4 rings (SSSR count). The number of alkyl halides is 6. The van der Waals surface area contributed by atoms with Crippen LogP contribution in [0.2, 0.25) is 0 Å². The molecule has 0 saturated carbocycles. The van der Waals surface area contributed by atoms with E-state index in [0.29, 0.717) is 27.0 Å². The highest BCUT2D eigenvalue weighted by Gasteiger charge is 2.30. The van der Waals surface area contributed by atoms with Crippen LogP contribution < -0.4 is 10.6 Å². The van der Waals surface area contributed by atoms with Crippen molar-refractivity contribution in [2.45, 2.75) is 22.1 Å². The summed E-state index contributed by atoms with van der Waals surface area (Å²) in [5.41, 5.74) is -0.495. The van der Waals surface area contributed by atoms with Gasteiger partial charge >= 0.3 is 36.5 Å². The lowest BCUT2D eigenvalue weighted by atomic mass is 10.2. The smallest absolute Gasteiger partial charge is 0.416 e. The summed E-state index contributed by atoms with van der Waals surface area (Å²) in [6.45, 7) is 0.102. The summed E-state index contributed by atoms with van der Waals surface area (Å²) in [6, 6.07) is 12.2. The van der Waals surface area contributed by atoms with Gasteiger partial charge in [-0.1, -0.05) is 0 Å². The SMILES string of the molecule is COC(=O)c1cc(NC(=O)OCCSc2ccc(C(F)(F)F)cc2)cn1C.Cn1cc(NC(=O)OCCSc2ccc(C(F)(F)F)cc2)cc1C(=O)O. The molecule has 0 aliphatic rings. The fourth-order valence-electron chi connectivity index (χ4n) is 4.16. The molecule has 0 radical (unpaired) electrons. The number of ether oxygens (including phenoxy) is 3. The Bertz CT molecular complexity index is 1860. The van der Waals surface area contributed by atoms with Gasteiger partial charge in [-0.15, -0.1) is 23.5 Å². The zero-order chi connectivity index (χ0) is 39.3. The van der Waals surface area contributed by atoms with Crippen molar-refractivity contribution in [3.8, 4) is 0 Å². The van der Waals surface area contributed by atoms with Gasteiger partial charge in [0.2, 0.25) is 0 Å². The van der Waals surface area contributed by atoms with E-state index in [4.69, 9.17) is 14.6 Å². The highest BCUT2D eigenvalue weighted by atomic mass is 32.2. The number of carbonyl (C=O) groups is 4. The van der Waals surface area contributed by atoms with Gasteiger partial charge in [-0.05, 0) is 60.7 Å². The first kappa shape index (κ1) is 42.2. The highest BCUT2D eigenvalue weighted by molar-refractivity contribution is 7.99. The third kappa shape index (κ3) is 13.7.